The number of aryl methyl sites for hydroxylation is 1. The van der Waals surface area contributed by atoms with Crippen molar-refractivity contribution in [2.45, 2.75) is 13.3 Å². The summed E-state index contributed by atoms with van der Waals surface area (Å²) in [6, 6.07) is 13.5. The summed E-state index contributed by atoms with van der Waals surface area (Å²) in [5.74, 6) is 2.87. The molecule has 0 bridgehead atoms. The largest absolute Gasteiger partial charge is 0.497 e. The van der Waals surface area contributed by atoms with Crippen LogP contribution in [-0.4, -0.2) is 33.8 Å². The average molecular weight is 349 g/mol. The van der Waals surface area contributed by atoms with Gasteiger partial charge >= 0.3 is 0 Å². The fourth-order valence-corrected chi connectivity index (χ4v) is 2.97. The number of hydrogen-bond donors (Lipinski definition) is 1. The number of benzene rings is 2. The SMILES string of the molecule is CCc1nnc2c3ccccc3nc(Nc3ccc(OC)cc3OC)n12. The second-order valence-electron chi connectivity index (χ2n) is 5.77. The molecule has 2 aromatic carbocycles. The van der Waals surface area contributed by atoms with E-state index < -0.39 is 0 Å². The van der Waals surface area contributed by atoms with E-state index in [2.05, 4.69) is 15.5 Å². The van der Waals surface area contributed by atoms with E-state index in [9.17, 15) is 0 Å². The number of nitrogens with zero attached hydrogens (tertiary/aromatic N) is 4. The van der Waals surface area contributed by atoms with E-state index in [1.54, 1.807) is 14.2 Å². The number of fused-ring (bicyclic) bond motifs is 3. The van der Waals surface area contributed by atoms with E-state index in [0.717, 1.165) is 40.2 Å². The molecule has 0 aliphatic rings. The van der Waals surface area contributed by atoms with Crippen LogP contribution in [0.15, 0.2) is 42.5 Å². The average Bonchev–Trinajstić information content (AvgIpc) is 3.13. The first-order valence-electron chi connectivity index (χ1n) is 8.37. The Hall–Kier alpha value is -3.35. The number of methoxy groups -OCH3 is 2. The van der Waals surface area contributed by atoms with Crippen molar-refractivity contribution in [3.05, 3.63) is 48.3 Å². The highest BCUT2D eigenvalue weighted by Crippen LogP contribution is 2.32. The molecule has 2 heterocycles. The molecule has 2 aromatic heterocycles. The van der Waals surface area contributed by atoms with Crippen molar-refractivity contribution < 1.29 is 9.47 Å². The quantitative estimate of drug-likeness (QED) is 0.593. The summed E-state index contributed by atoms with van der Waals surface area (Å²) < 4.78 is 12.7. The number of para-hydroxylation sites is 1. The second kappa shape index (κ2) is 6.51. The molecule has 7 nitrogen and oxygen atoms in total. The van der Waals surface area contributed by atoms with Crippen molar-refractivity contribution >= 4 is 28.2 Å². The van der Waals surface area contributed by atoms with Gasteiger partial charge in [-0.3, -0.25) is 0 Å². The summed E-state index contributed by atoms with van der Waals surface area (Å²) in [4.78, 5) is 4.78. The van der Waals surface area contributed by atoms with Crippen LogP contribution in [0.1, 0.15) is 12.7 Å². The molecule has 0 saturated heterocycles. The van der Waals surface area contributed by atoms with Crippen LogP contribution < -0.4 is 14.8 Å². The number of hydrogen-bond acceptors (Lipinski definition) is 6. The van der Waals surface area contributed by atoms with E-state index in [1.807, 2.05) is 53.8 Å². The zero-order valence-corrected chi connectivity index (χ0v) is 14.9. The van der Waals surface area contributed by atoms with Crippen LogP contribution in [0, 0.1) is 0 Å². The molecule has 0 amide bonds. The fraction of sp³-hybridized carbons (Fsp3) is 0.211. The van der Waals surface area contributed by atoms with Gasteiger partial charge in [-0.2, -0.15) is 0 Å². The molecule has 4 aromatic rings. The summed E-state index contributed by atoms with van der Waals surface area (Å²) in [5.41, 5.74) is 2.42. The van der Waals surface area contributed by atoms with Crippen LogP contribution in [-0.2, 0) is 6.42 Å². The van der Waals surface area contributed by atoms with Gasteiger partial charge in [-0.15, -0.1) is 10.2 Å². The molecule has 132 valence electrons. The molecule has 0 spiro atoms. The van der Waals surface area contributed by atoms with Crippen molar-refractivity contribution in [2.24, 2.45) is 0 Å². The van der Waals surface area contributed by atoms with Gasteiger partial charge in [-0.05, 0) is 24.3 Å². The van der Waals surface area contributed by atoms with Crippen LogP contribution in [0.3, 0.4) is 0 Å². The van der Waals surface area contributed by atoms with Crippen LogP contribution in [0.25, 0.3) is 16.6 Å². The first-order chi connectivity index (χ1) is 12.7. The summed E-state index contributed by atoms with van der Waals surface area (Å²) in [7, 11) is 3.25. The van der Waals surface area contributed by atoms with Gasteiger partial charge in [0.05, 0.1) is 25.4 Å². The number of aromatic nitrogens is 4. The van der Waals surface area contributed by atoms with Crippen LogP contribution in [0.5, 0.6) is 11.5 Å². The summed E-state index contributed by atoms with van der Waals surface area (Å²) in [6.07, 6.45) is 0.746. The van der Waals surface area contributed by atoms with Crippen LogP contribution in [0.2, 0.25) is 0 Å². The maximum absolute atomic E-state index is 5.49. The van der Waals surface area contributed by atoms with Crippen molar-refractivity contribution in [1.29, 1.82) is 0 Å². The normalized spacial score (nSPS) is 11.0. The minimum absolute atomic E-state index is 0.643. The molecule has 0 aliphatic carbocycles. The van der Waals surface area contributed by atoms with Gasteiger partial charge in [-0.1, -0.05) is 19.1 Å². The fourth-order valence-electron chi connectivity index (χ4n) is 2.97. The summed E-state index contributed by atoms with van der Waals surface area (Å²) >= 11 is 0. The minimum atomic E-state index is 0.643. The Morgan fingerprint density at radius 1 is 1.04 bits per heavy atom. The minimum Gasteiger partial charge on any atom is -0.497 e. The highest BCUT2D eigenvalue weighted by Gasteiger charge is 2.15. The smallest absolute Gasteiger partial charge is 0.215 e. The lowest BCUT2D eigenvalue weighted by molar-refractivity contribution is 0.395. The third-order valence-corrected chi connectivity index (χ3v) is 4.28. The lowest BCUT2D eigenvalue weighted by Crippen LogP contribution is -2.06. The third-order valence-electron chi connectivity index (χ3n) is 4.28. The van der Waals surface area contributed by atoms with Crippen molar-refractivity contribution in [2.75, 3.05) is 19.5 Å². The Balaban J connectivity index is 1.91. The lowest BCUT2D eigenvalue weighted by Gasteiger charge is -2.14. The summed E-state index contributed by atoms with van der Waals surface area (Å²) in [5, 5.41) is 13.0. The van der Waals surface area contributed by atoms with Gasteiger partial charge < -0.3 is 14.8 Å². The van der Waals surface area contributed by atoms with Gasteiger partial charge in [0, 0.05) is 17.9 Å². The Kier molecular flexibility index (Phi) is 4.04. The van der Waals surface area contributed by atoms with Gasteiger partial charge in [0.1, 0.15) is 17.3 Å². The predicted molar refractivity (Wildman–Crippen MR) is 100 cm³/mol. The maximum Gasteiger partial charge on any atom is 0.215 e. The van der Waals surface area contributed by atoms with E-state index >= 15 is 0 Å². The second-order valence-corrected chi connectivity index (χ2v) is 5.77. The lowest BCUT2D eigenvalue weighted by atomic mass is 10.2. The molecule has 0 fully saturated rings. The van der Waals surface area contributed by atoms with Crippen LogP contribution >= 0.6 is 0 Å². The van der Waals surface area contributed by atoms with Crippen molar-refractivity contribution in [3.63, 3.8) is 0 Å². The maximum atomic E-state index is 5.49. The number of ether oxygens (including phenoxy) is 2. The predicted octanol–water partition coefficient (Wildman–Crippen LogP) is 3.60. The van der Waals surface area contributed by atoms with Gasteiger partial charge in [-0.25, -0.2) is 9.38 Å². The molecule has 0 radical (unpaired) electrons. The van der Waals surface area contributed by atoms with Crippen LogP contribution in [0.4, 0.5) is 11.6 Å². The van der Waals surface area contributed by atoms with Gasteiger partial charge in [0.2, 0.25) is 5.95 Å². The molecule has 0 aliphatic heterocycles. The van der Waals surface area contributed by atoms with Gasteiger partial charge in [0.15, 0.2) is 5.65 Å². The molecule has 4 rings (SSSR count). The Labute approximate surface area is 150 Å². The molecule has 0 atom stereocenters. The molecular formula is C19H19N5O2. The Bertz CT molecular complexity index is 1090. The highest BCUT2D eigenvalue weighted by molar-refractivity contribution is 5.92. The first kappa shape index (κ1) is 16.1. The number of rotatable bonds is 5. The number of nitrogens with one attached hydrogen (secondary N) is 1. The van der Waals surface area contributed by atoms with Crippen molar-refractivity contribution in [3.8, 4) is 11.5 Å². The molecule has 7 heteroatoms. The van der Waals surface area contributed by atoms with Gasteiger partial charge in [0.25, 0.3) is 0 Å². The molecular weight excluding hydrogens is 330 g/mol. The Morgan fingerprint density at radius 3 is 2.65 bits per heavy atom. The first-order valence-corrected chi connectivity index (χ1v) is 8.37. The molecule has 0 unspecified atom stereocenters. The van der Waals surface area contributed by atoms with E-state index in [-0.39, 0.29) is 0 Å². The molecule has 26 heavy (non-hydrogen) atoms. The molecule has 1 N–H and O–H groups in total. The summed E-state index contributed by atoms with van der Waals surface area (Å²) in [6.45, 7) is 2.05. The zero-order chi connectivity index (χ0) is 18.1. The van der Waals surface area contributed by atoms with E-state index in [0.29, 0.717) is 11.7 Å². The van der Waals surface area contributed by atoms with E-state index in [4.69, 9.17) is 14.5 Å². The topological polar surface area (TPSA) is 73.6 Å². The zero-order valence-electron chi connectivity index (χ0n) is 14.9. The van der Waals surface area contributed by atoms with Crippen molar-refractivity contribution in [1.82, 2.24) is 19.6 Å². The highest BCUT2D eigenvalue weighted by atomic mass is 16.5. The number of anilines is 2. The third kappa shape index (κ3) is 2.57. The Morgan fingerprint density at radius 2 is 1.88 bits per heavy atom. The monoisotopic (exact) mass is 349 g/mol. The van der Waals surface area contributed by atoms with E-state index in [1.165, 1.54) is 0 Å². The standard InChI is InChI=1S/C19H19N5O2/c1-4-17-22-23-18-13-7-5-6-8-14(13)20-19(24(17)18)21-15-10-9-12(25-2)11-16(15)26-3/h5-11H,4H2,1-3H3,(H,20,21). The molecule has 0 saturated carbocycles.